The monoisotopic (exact) mass is 1060 g/mol. The van der Waals surface area contributed by atoms with Gasteiger partial charge in [-0.25, -0.2) is 0 Å². The van der Waals surface area contributed by atoms with E-state index in [-0.39, 0.29) is 10.8 Å². The van der Waals surface area contributed by atoms with Crippen LogP contribution in [-0.4, -0.2) is 0 Å². The predicted octanol–water partition coefficient (Wildman–Crippen LogP) is 17.4. The fourth-order valence-corrected chi connectivity index (χ4v) is 14.6. The molecule has 78 heavy (non-hydrogen) atoms. The minimum absolute atomic E-state index is 0.179. The minimum atomic E-state index is -1.24. The first kappa shape index (κ1) is 52.1. The van der Waals surface area contributed by atoms with Crippen molar-refractivity contribution >= 4 is 47.7 Å². The molecule has 0 atom stereocenters. The minimum Gasteiger partial charge on any atom is -0.457 e. The van der Waals surface area contributed by atoms with Gasteiger partial charge in [-0.1, -0.05) is 189 Å². The van der Waals surface area contributed by atoms with E-state index in [1.165, 1.54) is 43.5 Å². The van der Waals surface area contributed by atoms with E-state index in [0.717, 1.165) is 68.1 Å². The Morgan fingerprint density at radius 2 is 0.538 bits per heavy atom. The lowest BCUT2D eigenvalue weighted by molar-refractivity contribution is 0.421. The molecule has 11 rings (SSSR count). The SMILES string of the molecule is CC(C)(C)c1cc(P(c2ccc(Oc3ccccc3)cc2)c2ccc(Oc3ccccc3)cc2)c2c(c1)C(C)(C)c1cc(C(C)(C)C)cc(P(c3ccc(Oc4ccccc4)cc3)c3ccc(Oc4ccccc4)cc3)c1O2. The quantitative estimate of drug-likeness (QED) is 0.102. The number of hydrogen-bond donors (Lipinski definition) is 0. The summed E-state index contributed by atoms with van der Waals surface area (Å²) in [5.41, 5.74) is 4.00. The molecular weight excluding hydrogens is 995 g/mol. The van der Waals surface area contributed by atoms with Gasteiger partial charge in [-0.05, 0) is 168 Å². The highest BCUT2D eigenvalue weighted by molar-refractivity contribution is 7.80. The largest absolute Gasteiger partial charge is 0.457 e. The van der Waals surface area contributed by atoms with E-state index in [4.69, 9.17) is 23.7 Å². The molecule has 0 N–H and O–H groups in total. The summed E-state index contributed by atoms with van der Waals surface area (Å²) in [7, 11) is -2.49. The number of rotatable bonds is 14. The maximum Gasteiger partial charge on any atom is 0.139 e. The Kier molecular flexibility index (Phi) is 14.6. The van der Waals surface area contributed by atoms with Crippen LogP contribution in [0.4, 0.5) is 0 Å². The summed E-state index contributed by atoms with van der Waals surface area (Å²) in [6, 6.07) is 84.1. The Bertz CT molecular complexity index is 3230. The fraction of sp³-hybridized carbons (Fsp3) is 0.155. The first-order chi connectivity index (χ1) is 37.6. The van der Waals surface area contributed by atoms with Crippen LogP contribution in [0.2, 0.25) is 0 Å². The van der Waals surface area contributed by atoms with E-state index in [0.29, 0.717) is 0 Å². The van der Waals surface area contributed by atoms with Crippen LogP contribution in [0, 0.1) is 0 Å². The molecule has 1 aliphatic heterocycles. The summed E-state index contributed by atoms with van der Waals surface area (Å²) in [5, 5.41) is 6.99. The Hall–Kier alpha value is -7.94. The van der Waals surface area contributed by atoms with Crippen LogP contribution in [0.25, 0.3) is 0 Å². The summed E-state index contributed by atoms with van der Waals surface area (Å²) in [4.78, 5) is 0. The van der Waals surface area contributed by atoms with Gasteiger partial charge in [-0.3, -0.25) is 0 Å². The average Bonchev–Trinajstić information content (AvgIpc) is 3.53. The van der Waals surface area contributed by atoms with Crippen molar-refractivity contribution in [3.8, 4) is 57.5 Å². The zero-order chi connectivity index (χ0) is 54.0. The molecule has 1 aliphatic rings. The van der Waals surface area contributed by atoms with Gasteiger partial charge < -0.3 is 23.7 Å². The molecule has 10 aromatic carbocycles. The van der Waals surface area contributed by atoms with Gasteiger partial charge in [0.2, 0.25) is 0 Å². The second-order valence-electron chi connectivity index (χ2n) is 22.3. The summed E-state index contributed by atoms with van der Waals surface area (Å²) in [5.74, 6) is 8.07. The van der Waals surface area contributed by atoms with Crippen LogP contribution >= 0.6 is 15.8 Å². The van der Waals surface area contributed by atoms with E-state index in [9.17, 15) is 0 Å². The highest BCUT2D eigenvalue weighted by Gasteiger charge is 2.42. The predicted molar refractivity (Wildman–Crippen MR) is 326 cm³/mol. The number of fused-ring (bicyclic) bond motifs is 2. The molecule has 0 radical (unpaired) electrons. The van der Waals surface area contributed by atoms with Crippen LogP contribution in [0.3, 0.4) is 0 Å². The third-order valence-electron chi connectivity index (χ3n) is 14.2. The standard InChI is InChI=1S/C71H64O5P2/c1-69(2,3)49-45-63-67(65(47-49)77(59-37-29-55(30-38-59)72-51-21-13-9-14-22-51)60-39-31-56(32-40-60)73-52-23-15-10-16-24-52)76-68-64(71(63,7)8)46-50(70(4,5)6)48-66(68)78(61-41-33-57(34-42-61)74-53-25-17-11-18-26-53)62-43-35-58(36-44-62)75-54-27-19-12-20-28-54/h9-48H,1-8H3. The second-order valence-corrected chi connectivity index (χ2v) is 26.6. The fourth-order valence-electron chi connectivity index (χ4n) is 9.82. The Morgan fingerprint density at radius 3 is 0.769 bits per heavy atom. The third-order valence-corrected chi connectivity index (χ3v) is 19.1. The molecule has 5 nitrogen and oxygen atoms in total. The molecule has 7 heteroatoms. The molecule has 0 fully saturated rings. The van der Waals surface area contributed by atoms with E-state index in [1.807, 2.05) is 121 Å². The molecule has 0 amide bonds. The molecule has 0 spiro atoms. The molecular formula is C71H64O5P2. The number of para-hydroxylation sites is 4. The molecule has 0 unspecified atom stereocenters. The van der Waals surface area contributed by atoms with Gasteiger partial charge in [0, 0.05) is 27.2 Å². The van der Waals surface area contributed by atoms with Crippen molar-refractivity contribution in [3.05, 3.63) is 265 Å². The van der Waals surface area contributed by atoms with Crippen LogP contribution < -0.4 is 55.5 Å². The van der Waals surface area contributed by atoms with Gasteiger partial charge >= 0.3 is 0 Å². The Labute approximate surface area is 463 Å². The van der Waals surface area contributed by atoms with Crippen molar-refractivity contribution in [2.75, 3.05) is 0 Å². The lowest BCUT2D eigenvalue weighted by Gasteiger charge is -2.41. The molecule has 0 saturated carbocycles. The van der Waals surface area contributed by atoms with Gasteiger partial charge in [-0.15, -0.1) is 0 Å². The molecule has 0 aromatic heterocycles. The van der Waals surface area contributed by atoms with Crippen LogP contribution in [-0.2, 0) is 16.2 Å². The average molecular weight is 1060 g/mol. The highest BCUT2D eigenvalue weighted by atomic mass is 31.1. The van der Waals surface area contributed by atoms with Crippen LogP contribution in [0.15, 0.2) is 243 Å². The maximum absolute atomic E-state index is 7.90. The zero-order valence-corrected chi connectivity index (χ0v) is 47.3. The van der Waals surface area contributed by atoms with Crippen LogP contribution in [0.5, 0.6) is 57.5 Å². The first-order valence-electron chi connectivity index (χ1n) is 26.6. The Morgan fingerprint density at radius 1 is 0.308 bits per heavy atom. The van der Waals surface area contributed by atoms with Gasteiger partial charge in [0.1, 0.15) is 57.5 Å². The Balaban J connectivity index is 1.10. The summed E-state index contributed by atoms with van der Waals surface area (Å²) < 4.78 is 33.4. The highest BCUT2D eigenvalue weighted by Crippen LogP contribution is 2.54. The van der Waals surface area contributed by atoms with Crippen molar-refractivity contribution < 1.29 is 23.7 Å². The van der Waals surface area contributed by atoms with Crippen molar-refractivity contribution in [1.29, 1.82) is 0 Å². The summed E-state index contributed by atoms with van der Waals surface area (Å²) in [6.45, 7) is 18.6. The van der Waals surface area contributed by atoms with Crippen molar-refractivity contribution in [2.45, 2.75) is 71.6 Å². The summed E-state index contributed by atoms with van der Waals surface area (Å²) >= 11 is 0. The maximum atomic E-state index is 7.90. The van der Waals surface area contributed by atoms with Gasteiger partial charge in [0.15, 0.2) is 0 Å². The van der Waals surface area contributed by atoms with Gasteiger partial charge in [0.05, 0.1) is 0 Å². The van der Waals surface area contributed by atoms with E-state index < -0.39 is 21.3 Å². The summed E-state index contributed by atoms with van der Waals surface area (Å²) in [6.07, 6.45) is 0. The molecule has 0 bridgehead atoms. The number of ether oxygens (including phenoxy) is 5. The van der Waals surface area contributed by atoms with Crippen molar-refractivity contribution in [2.24, 2.45) is 0 Å². The molecule has 388 valence electrons. The molecule has 1 heterocycles. The molecule has 0 saturated heterocycles. The number of benzene rings is 10. The van der Waals surface area contributed by atoms with Gasteiger partial charge in [-0.2, -0.15) is 0 Å². The third kappa shape index (κ3) is 11.4. The van der Waals surface area contributed by atoms with E-state index in [1.54, 1.807) is 0 Å². The zero-order valence-electron chi connectivity index (χ0n) is 45.5. The van der Waals surface area contributed by atoms with Crippen molar-refractivity contribution in [1.82, 2.24) is 0 Å². The topological polar surface area (TPSA) is 46.2 Å². The smallest absolute Gasteiger partial charge is 0.139 e. The van der Waals surface area contributed by atoms with Crippen LogP contribution in [0.1, 0.15) is 77.6 Å². The normalized spacial score (nSPS) is 12.8. The molecule has 0 aliphatic carbocycles. The molecule has 10 aromatic rings. The van der Waals surface area contributed by atoms with Crippen molar-refractivity contribution in [3.63, 3.8) is 0 Å². The van der Waals surface area contributed by atoms with Gasteiger partial charge in [0.25, 0.3) is 0 Å². The van der Waals surface area contributed by atoms with E-state index >= 15 is 0 Å². The lowest BCUT2D eigenvalue weighted by Crippen LogP contribution is -2.35. The van der Waals surface area contributed by atoms with E-state index in [2.05, 4.69) is 177 Å². The second kappa shape index (κ2) is 21.8. The lowest BCUT2D eigenvalue weighted by atomic mass is 9.72. The first-order valence-corrected chi connectivity index (χ1v) is 29.3. The number of hydrogen-bond acceptors (Lipinski definition) is 5.